The highest BCUT2D eigenvalue weighted by Gasteiger charge is 2.30. The summed E-state index contributed by atoms with van der Waals surface area (Å²) in [5.74, 6) is -2.59. The first-order chi connectivity index (χ1) is 15.8. The van der Waals surface area contributed by atoms with E-state index >= 15 is 0 Å². The number of para-hydroxylation sites is 2. The molecule has 0 fully saturated rings. The van der Waals surface area contributed by atoms with Crippen LogP contribution in [0.2, 0.25) is 0 Å². The van der Waals surface area contributed by atoms with Gasteiger partial charge in [-0.15, -0.1) is 0 Å². The molecule has 7 nitrogen and oxygen atoms in total. The van der Waals surface area contributed by atoms with Crippen molar-refractivity contribution in [2.75, 3.05) is 17.8 Å². The van der Waals surface area contributed by atoms with E-state index in [0.717, 1.165) is 22.2 Å². The second kappa shape index (κ2) is 8.54. The largest absolute Gasteiger partial charge is 0.463 e. The van der Waals surface area contributed by atoms with Gasteiger partial charge in [-0.25, -0.2) is 23.6 Å². The number of carbonyl (C=O) groups is 2. The van der Waals surface area contributed by atoms with Gasteiger partial charge in [0.25, 0.3) is 5.91 Å². The zero-order chi connectivity index (χ0) is 23.7. The summed E-state index contributed by atoms with van der Waals surface area (Å²) >= 11 is 0. The Morgan fingerprint density at radius 2 is 1.52 bits per heavy atom. The zero-order valence-corrected chi connectivity index (χ0v) is 17.4. The summed E-state index contributed by atoms with van der Waals surface area (Å²) in [4.78, 5) is 29.9. The van der Waals surface area contributed by atoms with Gasteiger partial charge in [-0.1, -0.05) is 42.5 Å². The van der Waals surface area contributed by atoms with E-state index in [1.54, 1.807) is 42.5 Å². The fraction of sp³-hybridized carbons (Fsp3) is 0.0417. The van der Waals surface area contributed by atoms with Crippen molar-refractivity contribution in [2.45, 2.75) is 0 Å². The summed E-state index contributed by atoms with van der Waals surface area (Å²) in [6, 6.07) is 17.8. The maximum atomic E-state index is 14.5. The van der Waals surface area contributed by atoms with E-state index in [1.807, 2.05) is 0 Å². The van der Waals surface area contributed by atoms with Crippen molar-refractivity contribution in [3.8, 4) is 11.3 Å². The van der Waals surface area contributed by atoms with Crippen LogP contribution in [0.5, 0.6) is 0 Å². The molecule has 0 atom stereocenters. The van der Waals surface area contributed by atoms with Gasteiger partial charge in [-0.2, -0.15) is 5.01 Å². The van der Waals surface area contributed by atoms with E-state index in [1.165, 1.54) is 25.2 Å². The number of nitrogens with zero attached hydrogens (tertiary/aromatic N) is 3. The number of hydrazine groups is 1. The van der Waals surface area contributed by atoms with Crippen molar-refractivity contribution in [1.82, 2.24) is 9.99 Å². The number of nitrogens with two attached hydrogens (primary N) is 1. The van der Waals surface area contributed by atoms with Crippen LogP contribution in [0.25, 0.3) is 22.2 Å². The van der Waals surface area contributed by atoms with Crippen LogP contribution in [0.15, 0.2) is 72.8 Å². The van der Waals surface area contributed by atoms with Crippen LogP contribution in [-0.4, -0.2) is 34.1 Å². The number of carboxylic acid groups (broad SMARTS) is 1. The van der Waals surface area contributed by atoms with Crippen LogP contribution in [0.3, 0.4) is 0 Å². The zero-order valence-electron chi connectivity index (χ0n) is 17.4. The molecule has 33 heavy (non-hydrogen) atoms. The van der Waals surface area contributed by atoms with Crippen molar-refractivity contribution in [1.29, 1.82) is 0 Å². The predicted octanol–water partition coefficient (Wildman–Crippen LogP) is 4.93. The van der Waals surface area contributed by atoms with E-state index < -0.39 is 29.2 Å². The van der Waals surface area contributed by atoms with E-state index in [2.05, 4.69) is 4.98 Å². The Morgan fingerprint density at radius 1 is 0.909 bits per heavy atom. The molecule has 0 spiro atoms. The topological polar surface area (TPSA) is 99.8 Å². The van der Waals surface area contributed by atoms with Gasteiger partial charge in [-0.05, 0) is 30.3 Å². The second-order valence-electron chi connectivity index (χ2n) is 7.12. The SMILES string of the molecule is CN(C(=O)c1c(N)c(-c2c(F)cccc2F)nc2ccccc12)N(C(=O)O)c1ccccc1. The summed E-state index contributed by atoms with van der Waals surface area (Å²) in [6.45, 7) is 0. The number of carbonyl (C=O) groups excluding carboxylic acids is 1. The quantitative estimate of drug-likeness (QED) is 0.433. The lowest BCUT2D eigenvalue weighted by Crippen LogP contribution is -2.47. The molecule has 0 aliphatic heterocycles. The first-order valence-corrected chi connectivity index (χ1v) is 9.80. The van der Waals surface area contributed by atoms with Gasteiger partial charge >= 0.3 is 6.09 Å². The molecule has 0 saturated heterocycles. The van der Waals surface area contributed by atoms with Crippen molar-refractivity contribution in [3.05, 3.63) is 90.0 Å². The number of amides is 2. The molecule has 0 unspecified atom stereocenters. The molecule has 3 aromatic carbocycles. The van der Waals surface area contributed by atoms with Crippen LogP contribution < -0.4 is 10.7 Å². The monoisotopic (exact) mass is 448 g/mol. The first kappa shape index (κ1) is 21.7. The molecule has 2 amide bonds. The summed E-state index contributed by atoms with van der Waals surface area (Å²) in [5.41, 5.74) is 5.63. The molecule has 1 heterocycles. The fourth-order valence-electron chi connectivity index (χ4n) is 3.61. The molecule has 0 radical (unpaired) electrons. The van der Waals surface area contributed by atoms with E-state index in [0.29, 0.717) is 5.39 Å². The number of rotatable bonds is 3. The molecule has 9 heteroatoms. The van der Waals surface area contributed by atoms with E-state index in [9.17, 15) is 23.5 Å². The van der Waals surface area contributed by atoms with Crippen LogP contribution in [-0.2, 0) is 0 Å². The number of benzene rings is 3. The van der Waals surface area contributed by atoms with Gasteiger partial charge in [0.05, 0.1) is 28.0 Å². The van der Waals surface area contributed by atoms with Gasteiger partial charge in [0.2, 0.25) is 0 Å². The maximum absolute atomic E-state index is 14.5. The average molecular weight is 448 g/mol. The van der Waals surface area contributed by atoms with Gasteiger partial charge in [0.1, 0.15) is 17.3 Å². The molecule has 4 aromatic rings. The Bertz CT molecular complexity index is 1360. The maximum Gasteiger partial charge on any atom is 0.431 e. The third-order valence-corrected chi connectivity index (χ3v) is 5.12. The third kappa shape index (κ3) is 3.80. The molecule has 0 bridgehead atoms. The average Bonchev–Trinajstić information content (AvgIpc) is 2.79. The molecule has 166 valence electrons. The standard InChI is InChI=1S/C24H18F2N4O3/c1-29(30(24(32)33)14-8-3-2-4-9-14)23(31)19-15-10-5-6-13-18(15)28-22(21(19)27)20-16(25)11-7-12-17(20)26/h2-13H,27H2,1H3,(H,32,33). The summed E-state index contributed by atoms with van der Waals surface area (Å²) in [5, 5.41) is 11.7. The lowest BCUT2D eigenvalue weighted by atomic mass is 10.00. The third-order valence-electron chi connectivity index (χ3n) is 5.12. The number of pyridine rings is 1. The van der Waals surface area contributed by atoms with Crippen molar-refractivity contribution >= 4 is 34.3 Å². The summed E-state index contributed by atoms with van der Waals surface area (Å²) in [7, 11) is 1.27. The second-order valence-corrected chi connectivity index (χ2v) is 7.12. The highest BCUT2D eigenvalue weighted by atomic mass is 19.1. The molecule has 3 N–H and O–H groups in total. The lowest BCUT2D eigenvalue weighted by molar-refractivity contribution is 0.0772. The van der Waals surface area contributed by atoms with Crippen LogP contribution in [0.1, 0.15) is 10.4 Å². The Hall–Kier alpha value is -4.53. The number of hydrogen-bond donors (Lipinski definition) is 2. The minimum atomic E-state index is -1.41. The lowest BCUT2D eigenvalue weighted by Gasteiger charge is -2.30. The smallest absolute Gasteiger partial charge is 0.431 e. The number of hydrogen-bond acceptors (Lipinski definition) is 4. The van der Waals surface area contributed by atoms with Crippen LogP contribution >= 0.6 is 0 Å². The van der Waals surface area contributed by atoms with Crippen LogP contribution in [0.4, 0.5) is 25.0 Å². The van der Waals surface area contributed by atoms with Crippen molar-refractivity contribution in [2.24, 2.45) is 0 Å². The predicted molar refractivity (Wildman–Crippen MR) is 121 cm³/mol. The van der Waals surface area contributed by atoms with Gasteiger partial charge in [0.15, 0.2) is 0 Å². The molecule has 4 rings (SSSR count). The van der Waals surface area contributed by atoms with Crippen molar-refractivity contribution < 1.29 is 23.5 Å². The van der Waals surface area contributed by atoms with E-state index in [4.69, 9.17) is 5.73 Å². The number of anilines is 2. The highest BCUT2D eigenvalue weighted by Crippen LogP contribution is 2.36. The van der Waals surface area contributed by atoms with Gasteiger partial charge < -0.3 is 10.8 Å². The summed E-state index contributed by atoms with van der Waals surface area (Å²) in [6.07, 6.45) is -1.41. The minimum Gasteiger partial charge on any atom is -0.463 e. The normalized spacial score (nSPS) is 10.8. The van der Waals surface area contributed by atoms with Gasteiger partial charge in [0, 0.05) is 12.4 Å². The molecule has 0 saturated carbocycles. The highest BCUT2D eigenvalue weighted by molar-refractivity contribution is 6.14. The van der Waals surface area contributed by atoms with Crippen LogP contribution in [0, 0.1) is 11.6 Å². The fourth-order valence-corrected chi connectivity index (χ4v) is 3.61. The Balaban J connectivity index is 1.94. The molecule has 0 aliphatic carbocycles. The first-order valence-electron chi connectivity index (χ1n) is 9.80. The Kier molecular flexibility index (Phi) is 5.61. The molecule has 0 aliphatic rings. The molecular formula is C24H18F2N4O3. The number of nitrogen functional groups attached to an aromatic ring is 1. The number of halogens is 2. The Labute approximate surface area is 187 Å². The van der Waals surface area contributed by atoms with Crippen molar-refractivity contribution in [3.63, 3.8) is 0 Å². The number of aromatic nitrogens is 1. The minimum absolute atomic E-state index is 0.122. The Morgan fingerprint density at radius 3 is 2.15 bits per heavy atom. The van der Waals surface area contributed by atoms with E-state index in [-0.39, 0.29) is 28.1 Å². The number of fused-ring (bicyclic) bond motifs is 1. The molecular weight excluding hydrogens is 430 g/mol. The van der Waals surface area contributed by atoms with Gasteiger partial charge in [-0.3, -0.25) is 4.79 Å². The summed E-state index contributed by atoms with van der Waals surface area (Å²) < 4.78 is 29.1. The molecule has 1 aromatic heterocycles.